The van der Waals surface area contributed by atoms with E-state index >= 15 is 0 Å². The second-order valence-corrected chi connectivity index (χ2v) is 4.86. The lowest BCUT2D eigenvalue weighted by Gasteiger charge is -2.12. The van der Waals surface area contributed by atoms with Crippen LogP contribution in [0.1, 0.15) is 5.56 Å². The van der Waals surface area contributed by atoms with Crippen molar-refractivity contribution in [3.05, 3.63) is 54.1 Å². The topological polar surface area (TPSA) is 49.7 Å². The van der Waals surface area contributed by atoms with Gasteiger partial charge in [0.1, 0.15) is 12.4 Å². The first-order valence-corrected chi connectivity index (χ1v) is 7.14. The molecule has 0 aliphatic carbocycles. The van der Waals surface area contributed by atoms with Crippen LogP contribution in [0.3, 0.4) is 0 Å². The van der Waals surface area contributed by atoms with Gasteiger partial charge in [0.25, 0.3) is 0 Å². The molecule has 2 rings (SSSR count). The molecular formula is C14H15BO3S. The van der Waals surface area contributed by atoms with Gasteiger partial charge >= 0.3 is 7.12 Å². The molecule has 0 aliphatic heterocycles. The van der Waals surface area contributed by atoms with E-state index in [4.69, 9.17) is 4.74 Å². The Morgan fingerprint density at radius 3 is 2.47 bits per heavy atom. The van der Waals surface area contributed by atoms with Gasteiger partial charge in [-0.15, -0.1) is 11.8 Å². The molecular weight excluding hydrogens is 259 g/mol. The van der Waals surface area contributed by atoms with Gasteiger partial charge in [-0.3, -0.25) is 0 Å². The summed E-state index contributed by atoms with van der Waals surface area (Å²) in [7, 11) is -1.48. The van der Waals surface area contributed by atoms with Gasteiger partial charge in [0.05, 0.1) is 0 Å². The zero-order valence-electron chi connectivity index (χ0n) is 10.6. The molecule has 0 aliphatic rings. The van der Waals surface area contributed by atoms with Crippen molar-refractivity contribution in [1.82, 2.24) is 0 Å². The van der Waals surface area contributed by atoms with Gasteiger partial charge in [-0.2, -0.15) is 0 Å². The minimum atomic E-state index is -1.48. The highest BCUT2D eigenvalue weighted by atomic mass is 32.2. The molecule has 0 saturated carbocycles. The van der Waals surface area contributed by atoms with Gasteiger partial charge in [-0.25, -0.2) is 0 Å². The average Bonchev–Trinajstić information content (AvgIpc) is 2.45. The van der Waals surface area contributed by atoms with E-state index in [1.54, 1.807) is 23.9 Å². The van der Waals surface area contributed by atoms with Gasteiger partial charge in [-0.1, -0.05) is 36.4 Å². The zero-order valence-corrected chi connectivity index (χ0v) is 11.4. The summed E-state index contributed by atoms with van der Waals surface area (Å²) >= 11 is 1.62. The van der Waals surface area contributed by atoms with Crippen LogP contribution in [0.4, 0.5) is 0 Å². The van der Waals surface area contributed by atoms with Crippen LogP contribution in [0.2, 0.25) is 0 Å². The van der Waals surface area contributed by atoms with Crippen LogP contribution < -0.4 is 10.2 Å². The quantitative estimate of drug-likeness (QED) is 0.643. The van der Waals surface area contributed by atoms with E-state index in [1.165, 1.54) is 0 Å². The Balaban J connectivity index is 2.15. The van der Waals surface area contributed by atoms with Crippen molar-refractivity contribution >= 4 is 24.3 Å². The average molecular weight is 274 g/mol. The molecule has 3 nitrogen and oxygen atoms in total. The molecule has 0 amide bonds. The van der Waals surface area contributed by atoms with Crippen LogP contribution in [0.15, 0.2) is 53.4 Å². The van der Waals surface area contributed by atoms with E-state index in [2.05, 4.69) is 0 Å². The summed E-state index contributed by atoms with van der Waals surface area (Å²) in [5, 5.41) is 18.6. The molecule has 0 radical (unpaired) electrons. The highest BCUT2D eigenvalue weighted by Crippen LogP contribution is 2.27. The van der Waals surface area contributed by atoms with Gasteiger partial charge < -0.3 is 14.8 Å². The number of thioether (sulfide) groups is 1. The fourth-order valence-corrected chi connectivity index (χ4v) is 2.35. The Morgan fingerprint density at radius 2 is 1.74 bits per heavy atom. The van der Waals surface area contributed by atoms with Crippen molar-refractivity contribution in [1.29, 1.82) is 0 Å². The van der Waals surface area contributed by atoms with Crippen molar-refractivity contribution in [2.24, 2.45) is 0 Å². The lowest BCUT2D eigenvalue weighted by molar-refractivity contribution is 0.299. The highest BCUT2D eigenvalue weighted by Gasteiger charge is 2.15. The first-order valence-electron chi connectivity index (χ1n) is 5.92. The molecule has 0 spiro atoms. The van der Waals surface area contributed by atoms with E-state index in [0.29, 0.717) is 12.1 Å². The maximum Gasteiger partial charge on any atom is 0.488 e. The number of rotatable bonds is 5. The van der Waals surface area contributed by atoms with Crippen LogP contribution >= 0.6 is 11.8 Å². The van der Waals surface area contributed by atoms with E-state index < -0.39 is 7.12 Å². The Morgan fingerprint density at radius 1 is 1.05 bits per heavy atom. The molecule has 2 aromatic rings. The predicted octanol–water partition coefficient (Wildman–Crippen LogP) is 1.67. The number of para-hydroxylation sites is 1. The molecule has 19 heavy (non-hydrogen) atoms. The Kier molecular flexibility index (Phi) is 4.90. The summed E-state index contributed by atoms with van der Waals surface area (Å²) in [6.07, 6.45) is 1.99. The maximum atomic E-state index is 9.30. The molecule has 0 aromatic heterocycles. The van der Waals surface area contributed by atoms with Crippen molar-refractivity contribution < 1.29 is 14.8 Å². The Labute approximate surface area is 117 Å². The second-order valence-electron chi connectivity index (χ2n) is 4.01. The van der Waals surface area contributed by atoms with Crippen LogP contribution in [0.5, 0.6) is 5.75 Å². The van der Waals surface area contributed by atoms with E-state index in [9.17, 15) is 10.0 Å². The molecule has 2 N–H and O–H groups in total. The number of benzene rings is 2. The first kappa shape index (κ1) is 14.0. The largest absolute Gasteiger partial charge is 0.488 e. The summed E-state index contributed by atoms with van der Waals surface area (Å²) in [6, 6.07) is 14.9. The minimum absolute atomic E-state index is 0.311. The smallest absolute Gasteiger partial charge is 0.488 e. The van der Waals surface area contributed by atoms with Crippen LogP contribution in [0.25, 0.3) is 0 Å². The maximum absolute atomic E-state index is 9.30. The molecule has 98 valence electrons. The van der Waals surface area contributed by atoms with Crippen molar-refractivity contribution in [3.63, 3.8) is 0 Å². The lowest BCUT2D eigenvalue weighted by atomic mass is 9.77. The van der Waals surface area contributed by atoms with E-state index in [1.807, 2.05) is 42.7 Å². The van der Waals surface area contributed by atoms with Crippen molar-refractivity contribution in [3.8, 4) is 5.75 Å². The third-order valence-corrected chi connectivity index (χ3v) is 3.56. The fourth-order valence-electron chi connectivity index (χ4n) is 1.81. The van der Waals surface area contributed by atoms with Crippen LogP contribution in [0, 0.1) is 0 Å². The lowest BCUT2D eigenvalue weighted by Crippen LogP contribution is -2.33. The summed E-state index contributed by atoms with van der Waals surface area (Å²) in [6.45, 7) is 0.311. The Hall–Kier alpha value is -1.43. The standard InChI is InChI=1S/C14H15BO3S/c1-19-14-9-5-4-8-13(14)18-10-11-6-2-3-7-12(11)15(16)17/h2-9,16-17H,10H2,1H3. The summed E-state index contributed by atoms with van der Waals surface area (Å²) in [5.41, 5.74) is 1.25. The third kappa shape index (κ3) is 3.53. The molecule has 0 atom stereocenters. The summed E-state index contributed by atoms with van der Waals surface area (Å²) < 4.78 is 5.76. The van der Waals surface area contributed by atoms with Gasteiger partial charge in [0.15, 0.2) is 0 Å². The first-order chi connectivity index (χ1) is 9.22. The van der Waals surface area contributed by atoms with E-state index in [0.717, 1.165) is 16.2 Å². The number of hydrogen-bond acceptors (Lipinski definition) is 4. The predicted molar refractivity (Wildman–Crippen MR) is 78.8 cm³/mol. The molecule has 0 heterocycles. The zero-order chi connectivity index (χ0) is 13.7. The molecule has 5 heteroatoms. The molecule has 0 bridgehead atoms. The molecule has 2 aromatic carbocycles. The SMILES string of the molecule is CSc1ccccc1OCc1ccccc1B(O)O. The van der Waals surface area contributed by atoms with Gasteiger partial charge in [-0.05, 0) is 29.4 Å². The highest BCUT2D eigenvalue weighted by molar-refractivity contribution is 7.98. The van der Waals surface area contributed by atoms with Crippen LogP contribution in [-0.4, -0.2) is 23.4 Å². The summed E-state index contributed by atoms with van der Waals surface area (Å²) in [4.78, 5) is 1.06. The monoisotopic (exact) mass is 274 g/mol. The normalized spacial score (nSPS) is 10.3. The fraction of sp³-hybridized carbons (Fsp3) is 0.143. The van der Waals surface area contributed by atoms with Gasteiger partial charge in [0, 0.05) is 4.90 Å². The number of hydrogen-bond donors (Lipinski definition) is 2. The molecule has 0 unspecified atom stereocenters. The van der Waals surface area contributed by atoms with Gasteiger partial charge in [0.2, 0.25) is 0 Å². The van der Waals surface area contributed by atoms with E-state index in [-0.39, 0.29) is 0 Å². The van der Waals surface area contributed by atoms with Crippen LogP contribution in [-0.2, 0) is 6.61 Å². The van der Waals surface area contributed by atoms with Crippen molar-refractivity contribution in [2.45, 2.75) is 11.5 Å². The number of ether oxygens (including phenoxy) is 1. The molecule has 0 fully saturated rings. The third-order valence-electron chi connectivity index (χ3n) is 2.79. The van der Waals surface area contributed by atoms with Crippen molar-refractivity contribution in [2.75, 3.05) is 6.26 Å². The minimum Gasteiger partial charge on any atom is -0.488 e. The molecule has 0 saturated heterocycles. The summed E-state index contributed by atoms with van der Waals surface area (Å²) in [5.74, 6) is 0.803. The Bertz CT molecular complexity index is 546. The second kappa shape index (κ2) is 6.66.